The Morgan fingerprint density at radius 2 is 1.55 bits per heavy atom. The molecule has 0 bridgehead atoms. The second-order valence-electron chi connectivity index (χ2n) is 6.08. The molecule has 3 rings (SSSR count). The van der Waals surface area contributed by atoms with Gasteiger partial charge in [0.25, 0.3) is 0 Å². The molecule has 116 valence electrons. The minimum atomic E-state index is 0.443. The summed E-state index contributed by atoms with van der Waals surface area (Å²) in [7, 11) is 0. The summed E-state index contributed by atoms with van der Waals surface area (Å²) in [5.41, 5.74) is 6.01. The van der Waals surface area contributed by atoms with E-state index in [1.54, 1.807) is 0 Å². The number of ether oxygens (including phenoxy) is 1. The van der Waals surface area contributed by atoms with Gasteiger partial charge in [0.2, 0.25) is 0 Å². The minimum absolute atomic E-state index is 0.443. The zero-order valence-corrected chi connectivity index (χ0v) is 13.7. The lowest BCUT2D eigenvalue weighted by atomic mass is 10.00. The summed E-state index contributed by atoms with van der Waals surface area (Å²) >= 11 is 0. The topological polar surface area (TPSA) is 25.4 Å². The van der Waals surface area contributed by atoms with Gasteiger partial charge >= 0.3 is 0 Å². The fourth-order valence-electron chi connectivity index (χ4n) is 3.13. The number of hydrogen-bond acceptors (Lipinski definition) is 3. The fraction of sp³-hybridized carbons (Fsp3) is 0.421. The molecule has 1 aromatic carbocycles. The van der Waals surface area contributed by atoms with Crippen LogP contribution in [0.5, 0.6) is 0 Å². The smallest absolute Gasteiger partial charge is 0.0594 e. The Morgan fingerprint density at radius 3 is 2.14 bits per heavy atom. The highest BCUT2D eigenvalue weighted by atomic mass is 16.5. The van der Waals surface area contributed by atoms with Crippen molar-refractivity contribution < 1.29 is 4.74 Å². The van der Waals surface area contributed by atoms with Gasteiger partial charge in [-0.15, -0.1) is 0 Å². The van der Waals surface area contributed by atoms with Gasteiger partial charge in [-0.2, -0.15) is 0 Å². The van der Waals surface area contributed by atoms with Crippen LogP contribution in [-0.4, -0.2) is 36.2 Å². The van der Waals surface area contributed by atoms with Crippen LogP contribution in [0.3, 0.4) is 0 Å². The van der Waals surface area contributed by atoms with Crippen molar-refractivity contribution in [2.24, 2.45) is 0 Å². The van der Waals surface area contributed by atoms with E-state index in [2.05, 4.69) is 53.2 Å². The van der Waals surface area contributed by atoms with Crippen LogP contribution >= 0.6 is 0 Å². The van der Waals surface area contributed by atoms with Crippen LogP contribution in [0.15, 0.2) is 36.4 Å². The quantitative estimate of drug-likeness (QED) is 0.862. The van der Waals surface area contributed by atoms with E-state index in [-0.39, 0.29) is 0 Å². The molecule has 0 amide bonds. The molecule has 3 nitrogen and oxygen atoms in total. The standard InChI is InChI=1S/C19H24N2O/c1-14-12-19(13-15(2)20-14)18-6-4-17(5-7-18)16(3)21-8-10-22-11-9-21/h4-7,12-13,16H,8-11H2,1-3H3. The molecule has 0 radical (unpaired) electrons. The Morgan fingerprint density at radius 1 is 0.955 bits per heavy atom. The lowest BCUT2D eigenvalue weighted by Crippen LogP contribution is -2.37. The van der Waals surface area contributed by atoms with Crippen LogP contribution < -0.4 is 0 Å². The fourth-order valence-corrected chi connectivity index (χ4v) is 3.13. The van der Waals surface area contributed by atoms with Crippen LogP contribution in [0, 0.1) is 13.8 Å². The van der Waals surface area contributed by atoms with E-state index in [4.69, 9.17) is 4.74 Å². The first-order valence-corrected chi connectivity index (χ1v) is 8.01. The first-order valence-electron chi connectivity index (χ1n) is 8.01. The molecule has 2 heterocycles. The van der Waals surface area contributed by atoms with Crippen LogP contribution in [0.1, 0.15) is 29.9 Å². The highest BCUT2D eigenvalue weighted by Gasteiger charge is 2.18. The van der Waals surface area contributed by atoms with Crippen LogP contribution in [0.2, 0.25) is 0 Å². The first-order chi connectivity index (χ1) is 10.6. The van der Waals surface area contributed by atoms with Crippen molar-refractivity contribution in [2.45, 2.75) is 26.8 Å². The Labute approximate surface area is 132 Å². The van der Waals surface area contributed by atoms with Gasteiger partial charge in [-0.25, -0.2) is 0 Å². The number of morpholine rings is 1. The molecule has 1 atom stereocenters. The number of benzene rings is 1. The third-order valence-electron chi connectivity index (χ3n) is 4.40. The molecule has 1 saturated heterocycles. The van der Waals surface area contributed by atoms with E-state index >= 15 is 0 Å². The average Bonchev–Trinajstić information content (AvgIpc) is 2.54. The van der Waals surface area contributed by atoms with Gasteiger partial charge in [-0.05, 0) is 49.6 Å². The lowest BCUT2D eigenvalue weighted by Gasteiger charge is -2.32. The van der Waals surface area contributed by atoms with E-state index in [0.717, 1.165) is 37.7 Å². The van der Waals surface area contributed by atoms with Gasteiger partial charge in [0.05, 0.1) is 13.2 Å². The molecule has 0 spiro atoms. The molecule has 3 heteroatoms. The van der Waals surface area contributed by atoms with E-state index < -0.39 is 0 Å². The summed E-state index contributed by atoms with van der Waals surface area (Å²) in [5.74, 6) is 0. The molecule has 1 unspecified atom stereocenters. The molecule has 1 aliphatic heterocycles. The minimum Gasteiger partial charge on any atom is -0.379 e. The van der Waals surface area contributed by atoms with Crippen LogP contribution in [-0.2, 0) is 4.74 Å². The number of pyridine rings is 1. The molecule has 1 aliphatic rings. The zero-order chi connectivity index (χ0) is 15.5. The van der Waals surface area contributed by atoms with Crippen LogP contribution in [0.25, 0.3) is 11.1 Å². The van der Waals surface area contributed by atoms with Gasteiger partial charge in [-0.1, -0.05) is 24.3 Å². The third kappa shape index (κ3) is 3.37. The Balaban J connectivity index is 1.79. The number of aryl methyl sites for hydroxylation is 2. The molecule has 1 aromatic heterocycles. The molecule has 2 aromatic rings. The normalized spacial score (nSPS) is 17.4. The second-order valence-corrected chi connectivity index (χ2v) is 6.08. The van der Waals surface area contributed by atoms with Gasteiger partial charge in [-0.3, -0.25) is 9.88 Å². The third-order valence-corrected chi connectivity index (χ3v) is 4.40. The Bertz CT molecular complexity index is 610. The maximum atomic E-state index is 5.44. The molecular formula is C19H24N2O. The van der Waals surface area contributed by atoms with E-state index in [0.29, 0.717) is 6.04 Å². The van der Waals surface area contributed by atoms with Gasteiger partial charge in [0, 0.05) is 30.5 Å². The SMILES string of the molecule is Cc1cc(-c2ccc(C(C)N3CCOCC3)cc2)cc(C)n1. The summed E-state index contributed by atoms with van der Waals surface area (Å²) in [6.45, 7) is 10.1. The summed E-state index contributed by atoms with van der Waals surface area (Å²) in [6, 6.07) is 13.7. The van der Waals surface area contributed by atoms with Crippen molar-refractivity contribution in [3.8, 4) is 11.1 Å². The molecule has 0 saturated carbocycles. The number of aromatic nitrogens is 1. The monoisotopic (exact) mass is 296 g/mol. The largest absolute Gasteiger partial charge is 0.379 e. The predicted molar refractivity (Wildman–Crippen MR) is 90.0 cm³/mol. The predicted octanol–water partition coefficient (Wildman–Crippen LogP) is 3.76. The van der Waals surface area contributed by atoms with Crippen LogP contribution in [0.4, 0.5) is 0 Å². The van der Waals surface area contributed by atoms with Crippen molar-refractivity contribution >= 4 is 0 Å². The van der Waals surface area contributed by atoms with Crippen molar-refractivity contribution in [1.82, 2.24) is 9.88 Å². The van der Waals surface area contributed by atoms with E-state index in [1.165, 1.54) is 16.7 Å². The number of rotatable bonds is 3. The van der Waals surface area contributed by atoms with Crippen molar-refractivity contribution in [1.29, 1.82) is 0 Å². The summed E-state index contributed by atoms with van der Waals surface area (Å²) in [5, 5.41) is 0. The lowest BCUT2D eigenvalue weighted by molar-refractivity contribution is 0.0198. The second kappa shape index (κ2) is 6.59. The van der Waals surface area contributed by atoms with Crippen molar-refractivity contribution in [3.05, 3.63) is 53.3 Å². The molecule has 0 N–H and O–H groups in total. The summed E-state index contributed by atoms with van der Waals surface area (Å²) in [6.07, 6.45) is 0. The Kier molecular flexibility index (Phi) is 4.55. The van der Waals surface area contributed by atoms with Gasteiger partial charge in [0.1, 0.15) is 0 Å². The van der Waals surface area contributed by atoms with E-state index in [9.17, 15) is 0 Å². The first kappa shape index (κ1) is 15.2. The van der Waals surface area contributed by atoms with Crippen molar-refractivity contribution in [2.75, 3.05) is 26.3 Å². The zero-order valence-electron chi connectivity index (χ0n) is 13.7. The molecular weight excluding hydrogens is 272 g/mol. The maximum absolute atomic E-state index is 5.44. The van der Waals surface area contributed by atoms with E-state index in [1.807, 2.05) is 13.8 Å². The van der Waals surface area contributed by atoms with Gasteiger partial charge < -0.3 is 4.74 Å². The summed E-state index contributed by atoms with van der Waals surface area (Å²) in [4.78, 5) is 6.93. The number of nitrogens with zero attached hydrogens (tertiary/aromatic N) is 2. The van der Waals surface area contributed by atoms with Crippen molar-refractivity contribution in [3.63, 3.8) is 0 Å². The Hall–Kier alpha value is -1.71. The highest BCUT2D eigenvalue weighted by Crippen LogP contribution is 2.26. The summed E-state index contributed by atoms with van der Waals surface area (Å²) < 4.78 is 5.44. The maximum Gasteiger partial charge on any atom is 0.0594 e. The molecule has 0 aliphatic carbocycles. The molecule has 22 heavy (non-hydrogen) atoms. The average molecular weight is 296 g/mol. The number of hydrogen-bond donors (Lipinski definition) is 0. The highest BCUT2D eigenvalue weighted by molar-refractivity contribution is 5.64. The molecule has 1 fully saturated rings. The van der Waals surface area contributed by atoms with Gasteiger partial charge in [0.15, 0.2) is 0 Å².